The summed E-state index contributed by atoms with van der Waals surface area (Å²) in [6.07, 6.45) is 4.54. The number of anilines is 1. The fourth-order valence-corrected chi connectivity index (χ4v) is 4.34. The molecule has 0 saturated carbocycles. The molecule has 0 aliphatic rings. The summed E-state index contributed by atoms with van der Waals surface area (Å²) < 4.78 is 1.95. The number of hydrogen-bond acceptors (Lipinski definition) is 5. The van der Waals surface area contributed by atoms with Crippen LogP contribution in [0, 0.1) is 0 Å². The van der Waals surface area contributed by atoms with Crippen LogP contribution >= 0.6 is 11.3 Å². The first-order valence-corrected chi connectivity index (χ1v) is 10.1. The van der Waals surface area contributed by atoms with Gasteiger partial charge in [-0.25, -0.2) is 9.97 Å². The molecule has 3 heterocycles. The maximum Gasteiger partial charge on any atom is 0.272 e. The molecule has 0 bridgehead atoms. The van der Waals surface area contributed by atoms with E-state index < -0.39 is 6.04 Å². The number of amides is 1. The maximum absolute atomic E-state index is 13.1. The Hall–Kier alpha value is -3.06. The van der Waals surface area contributed by atoms with Crippen molar-refractivity contribution in [2.45, 2.75) is 32.7 Å². The van der Waals surface area contributed by atoms with Crippen molar-refractivity contribution in [2.24, 2.45) is 0 Å². The van der Waals surface area contributed by atoms with Crippen molar-refractivity contribution in [3.05, 3.63) is 64.8 Å². The number of hydrogen-bond donors (Lipinski definition) is 1. The molecule has 1 N–H and O–H groups in total. The predicted molar refractivity (Wildman–Crippen MR) is 113 cm³/mol. The molecule has 4 aromatic rings. The van der Waals surface area contributed by atoms with Gasteiger partial charge in [0, 0.05) is 17.3 Å². The molecule has 142 valence electrons. The second-order valence-electron chi connectivity index (χ2n) is 6.56. The Bertz CT molecular complexity index is 1230. The van der Waals surface area contributed by atoms with Crippen LogP contribution in [0.4, 0.5) is 5.69 Å². The Morgan fingerprint density at radius 2 is 2.07 bits per heavy atom. The number of carbonyl (C=O) groups excluding carboxylic acids is 1. The van der Waals surface area contributed by atoms with Crippen LogP contribution in [0.25, 0.3) is 20.4 Å². The van der Waals surface area contributed by atoms with Crippen LogP contribution in [0.2, 0.25) is 0 Å². The largest absolute Gasteiger partial charge is 0.324 e. The lowest BCUT2D eigenvalue weighted by molar-refractivity contribution is -0.119. The van der Waals surface area contributed by atoms with Crippen molar-refractivity contribution >= 4 is 43.4 Å². The molecular weight excluding hydrogens is 372 g/mol. The first-order chi connectivity index (χ1) is 13.6. The summed E-state index contributed by atoms with van der Waals surface area (Å²) in [5, 5.41) is 3.79. The molecule has 0 saturated heterocycles. The number of aromatic nitrogens is 3. The third-order valence-corrected chi connectivity index (χ3v) is 5.90. The van der Waals surface area contributed by atoms with Crippen molar-refractivity contribution in [1.82, 2.24) is 14.5 Å². The highest BCUT2D eigenvalue weighted by molar-refractivity contribution is 7.25. The van der Waals surface area contributed by atoms with Gasteiger partial charge in [0.15, 0.2) is 0 Å². The van der Waals surface area contributed by atoms with E-state index in [2.05, 4.69) is 22.2 Å². The van der Waals surface area contributed by atoms with Crippen molar-refractivity contribution in [3.63, 3.8) is 0 Å². The van der Waals surface area contributed by atoms with Gasteiger partial charge in [-0.2, -0.15) is 0 Å². The summed E-state index contributed by atoms with van der Waals surface area (Å²) in [5.74, 6) is -0.224. The zero-order valence-corrected chi connectivity index (χ0v) is 16.5. The highest BCUT2D eigenvalue weighted by atomic mass is 32.1. The Balaban J connectivity index is 1.72. The first kappa shape index (κ1) is 18.3. The van der Waals surface area contributed by atoms with Crippen molar-refractivity contribution in [2.75, 3.05) is 5.32 Å². The number of benzene rings is 1. The molecule has 0 aliphatic heterocycles. The summed E-state index contributed by atoms with van der Waals surface area (Å²) in [6, 6.07) is 10.8. The number of nitrogens with zero attached hydrogens (tertiary/aromatic N) is 3. The quantitative estimate of drug-likeness (QED) is 0.553. The van der Waals surface area contributed by atoms with Crippen LogP contribution in [0.15, 0.2) is 53.7 Å². The van der Waals surface area contributed by atoms with E-state index in [9.17, 15) is 9.59 Å². The van der Waals surface area contributed by atoms with Gasteiger partial charge in [-0.3, -0.25) is 14.2 Å². The lowest BCUT2D eigenvalue weighted by Crippen LogP contribution is -2.33. The molecule has 28 heavy (non-hydrogen) atoms. The zero-order valence-electron chi connectivity index (χ0n) is 15.7. The molecule has 6 nitrogen and oxygen atoms in total. The highest BCUT2D eigenvalue weighted by Gasteiger charge is 2.22. The molecule has 1 atom stereocenters. The van der Waals surface area contributed by atoms with Gasteiger partial charge in [0.2, 0.25) is 5.91 Å². The fraction of sp³-hybridized carbons (Fsp3) is 0.238. The van der Waals surface area contributed by atoms with Crippen LogP contribution in [0.3, 0.4) is 0 Å². The molecule has 1 amide bonds. The Morgan fingerprint density at radius 3 is 2.86 bits per heavy atom. The molecule has 0 aliphatic carbocycles. The third-order valence-electron chi connectivity index (χ3n) is 4.81. The van der Waals surface area contributed by atoms with Gasteiger partial charge in [0.25, 0.3) is 5.56 Å². The standard InChI is InChI=1S/C21H20N4O2S/c1-3-13-7-5-8-14(11-13)24-19(26)16(4-2)25-12-23-17-15-9-6-10-22-20(15)28-18(17)21(25)27/h5-12,16H,3-4H2,1-2H3,(H,24,26). The number of fused-ring (bicyclic) bond motifs is 3. The van der Waals surface area contributed by atoms with E-state index in [1.54, 1.807) is 6.20 Å². The molecule has 1 unspecified atom stereocenters. The number of nitrogens with one attached hydrogen (secondary N) is 1. The van der Waals surface area contributed by atoms with Gasteiger partial charge >= 0.3 is 0 Å². The van der Waals surface area contributed by atoms with Gasteiger partial charge < -0.3 is 5.32 Å². The Morgan fingerprint density at radius 1 is 1.21 bits per heavy atom. The predicted octanol–water partition coefficient (Wildman–Crippen LogP) is 4.16. The third kappa shape index (κ3) is 3.18. The highest BCUT2D eigenvalue weighted by Crippen LogP contribution is 2.28. The lowest BCUT2D eigenvalue weighted by atomic mass is 10.1. The number of carbonyl (C=O) groups is 1. The average Bonchev–Trinajstić information content (AvgIpc) is 3.10. The topological polar surface area (TPSA) is 76.9 Å². The van der Waals surface area contributed by atoms with E-state index in [-0.39, 0.29) is 11.5 Å². The number of thiophene rings is 1. The Kier molecular flexibility index (Phi) is 4.92. The van der Waals surface area contributed by atoms with Gasteiger partial charge in [0.1, 0.15) is 15.6 Å². The normalized spacial score (nSPS) is 12.4. The molecule has 0 spiro atoms. The zero-order chi connectivity index (χ0) is 19.7. The van der Waals surface area contributed by atoms with Crippen LogP contribution in [0.5, 0.6) is 0 Å². The number of rotatable bonds is 5. The van der Waals surface area contributed by atoms with Gasteiger partial charge in [-0.1, -0.05) is 26.0 Å². The molecular formula is C21H20N4O2S. The Labute approximate surface area is 165 Å². The molecule has 1 aromatic carbocycles. The summed E-state index contributed by atoms with van der Waals surface area (Å²) in [7, 11) is 0. The second-order valence-corrected chi connectivity index (χ2v) is 7.56. The molecule has 4 rings (SSSR count). The molecule has 0 radical (unpaired) electrons. The van der Waals surface area contributed by atoms with Crippen LogP contribution in [-0.2, 0) is 11.2 Å². The minimum atomic E-state index is -0.632. The van der Waals surface area contributed by atoms with E-state index in [0.717, 1.165) is 27.9 Å². The van der Waals surface area contributed by atoms with E-state index >= 15 is 0 Å². The average molecular weight is 392 g/mol. The maximum atomic E-state index is 13.1. The van der Waals surface area contributed by atoms with Gasteiger partial charge in [-0.05, 0) is 42.7 Å². The minimum Gasteiger partial charge on any atom is -0.324 e. The second kappa shape index (κ2) is 7.52. The van der Waals surface area contributed by atoms with Crippen LogP contribution in [-0.4, -0.2) is 20.4 Å². The fourth-order valence-electron chi connectivity index (χ4n) is 3.31. The van der Waals surface area contributed by atoms with Crippen LogP contribution in [0.1, 0.15) is 31.9 Å². The van der Waals surface area contributed by atoms with E-state index in [4.69, 9.17) is 0 Å². The summed E-state index contributed by atoms with van der Waals surface area (Å²) >= 11 is 1.31. The number of aryl methyl sites for hydroxylation is 1. The lowest BCUT2D eigenvalue weighted by Gasteiger charge is -2.17. The summed E-state index contributed by atoms with van der Waals surface area (Å²) in [6.45, 7) is 3.95. The van der Waals surface area contributed by atoms with Gasteiger partial charge in [0.05, 0.1) is 11.8 Å². The van der Waals surface area contributed by atoms with Crippen molar-refractivity contribution in [1.29, 1.82) is 0 Å². The summed E-state index contributed by atoms with van der Waals surface area (Å²) in [5.41, 5.74) is 2.30. The summed E-state index contributed by atoms with van der Waals surface area (Å²) in [4.78, 5) is 35.5. The van der Waals surface area contributed by atoms with E-state index in [0.29, 0.717) is 16.6 Å². The monoisotopic (exact) mass is 392 g/mol. The molecule has 3 aromatic heterocycles. The SMILES string of the molecule is CCc1cccc(NC(=O)C(CC)n2cnc3c(sc4ncccc43)c2=O)c1. The first-order valence-electron chi connectivity index (χ1n) is 9.26. The smallest absolute Gasteiger partial charge is 0.272 e. The van der Waals surface area contributed by atoms with Crippen molar-refractivity contribution < 1.29 is 4.79 Å². The van der Waals surface area contributed by atoms with Gasteiger partial charge in [-0.15, -0.1) is 11.3 Å². The molecule has 0 fully saturated rings. The van der Waals surface area contributed by atoms with Crippen LogP contribution < -0.4 is 10.9 Å². The van der Waals surface area contributed by atoms with E-state index in [1.165, 1.54) is 22.2 Å². The minimum absolute atomic E-state index is 0.211. The van der Waals surface area contributed by atoms with E-state index in [1.807, 2.05) is 43.3 Å². The van der Waals surface area contributed by atoms with Crippen molar-refractivity contribution in [3.8, 4) is 0 Å². The molecule has 7 heteroatoms. The number of pyridine rings is 1.